The van der Waals surface area contributed by atoms with E-state index in [9.17, 15) is 51.9 Å². The number of nitrogens with zero attached hydrogens (tertiary/aromatic N) is 4. The zero-order valence-corrected chi connectivity index (χ0v) is 35.2. The molecule has 6 aromatic rings. The number of rotatable bonds is 9. The molecule has 0 amide bonds. The smallest absolute Gasteiger partial charge is 0.396 e. The van der Waals surface area contributed by atoms with E-state index in [1.165, 1.54) is 36.4 Å². The van der Waals surface area contributed by atoms with Gasteiger partial charge in [-0.3, -0.25) is 18.2 Å². The van der Waals surface area contributed by atoms with Crippen LogP contribution in [-0.4, -0.2) is 51.9 Å². The molecule has 57 heavy (non-hydrogen) atoms. The van der Waals surface area contributed by atoms with E-state index in [1.54, 1.807) is 12.1 Å². The number of hydrogen-bond donors (Lipinski definition) is 6. The van der Waals surface area contributed by atoms with E-state index in [4.69, 9.17) is 34.7 Å². The quantitative estimate of drug-likeness (QED) is 0.0484. The van der Waals surface area contributed by atoms with Gasteiger partial charge in [0.15, 0.2) is 0 Å². The predicted molar refractivity (Wildman–Crippen MR) is 206 cm³/mol. The van der Waals surface area contributed by atoms with Crippen LogP contribution in [0.25, 0.3) is 32.7 Å². The number of anilines is 2. The Morgan fingerprint density at radius 1 is 0.456 bits per heavy atom. The monoisotopic (exact) mass is 903 g/mol. The number of hydrogen-bond acceptors (Lipinski definition) is 14. The van der Waals surface area contributed by atoms with Crippen LogP contribution >= 0.6 is 23.2 Å². The Labute approximate surface area is 355 Å². The van der Waals surface area contributed by atoms with Gasteiger partial charge in [0.05, 0.1) is 31.2 Å². The number of nitrogens with two attached hydrogens (primary N) is 2. The van der Waals surface area contributed by atoms with Crippen LogP contribution in [0.1, 0.15) is 0 Å². The fourth-order valence-electron chi connectivity index (χ4n) is 5.42. The van der Waals surface area contributed by atoms with Crippen LogP contribution < -0.4 is 41.0 Å². The minimum Gasteiger partial charge on any atom is -0.396 e. The molecule has 0 saturated carbocycles. The van der Waals surface area contributed by atoms with Crippen molar-refractivity contribution in [3.05, 3.63) is 95.0 Å². The Kier molecular flexibility index (Phi) is 12.3. The second-order valence-electron chi connectivity index (χ2n) is 11.7. The molecule has 0 aliphatic heterocycles. The van der Waals surface area contributed by atoms with Gasteiger partial charge < -0.3 is 11.5 Å². The summed E-state index contributed by atoms with van der Waals surface area (Å²) in [5.74, 6) is 0. The summed E-state index contributed by atoms with van der Waals surface area (Å²) < 4.78 is 133. The fourth-order valence-corrected chi connectivity index (χ4v) is 8.19. The van der Waals surface area contributed by atoms with Gasteiger partial charge >= 0.3 is 29.6 Å². The molecule has 0 unspecified atom stereocenters. The summed E-state index contributed by atoms with van der Waals surface area (Å²) >= 11 is 13.0. The van der Waals surface area contributed by atoms with Gasteiger partial charge in [0, 0.05) is 10.8 Å². The number of benzene rings is 6. The molecule has 290 valence electrons. The summed E-state index contributed by atoms with van der Waals surface area (Å²) in [6, 6.07) is 17.3. The molecule has 6 rings (SSSR count). The first-order valence-electron chi connectivity index (χ1n) is 15.0. The van der Waals surface area contributed by atoms with Crippen molar-refractivity contribution in [1.29, 1.82) is 0 Å². The Balaban J connectivity index is 0.00000620. The van der Waals surface area contributed by atoms with Crippen LogP contribution in [0.5, 0.6) is 0 Å². The molecular weight excluding hydrogens is 883 g/mol. The van der Waals surface area contributed by atoms with Crippen molar-refractivity contribution in [3.8, 4) is 11.1 Å². The minimum atomic E-state index is -4.92. The normalized spacial score (nSPS) is 12.8. The Morgan fingerprint density at radius 2 is 0.807 bits per heavy atom. The average molecular weight is 905 g/mol. The number of nitrogen functional groups attached to an aromatic ring is 2. The summed E-state index contributed by atoms with van der Waals surface area (Å²) in [6.07, 6.45) is 0. The van der Waals surface area contributed by atoms with Crippen LogP contribution in [0.15, 0.2) is 125 Å². The van der Waals surface area contributed by atoms with Gasteiger partial charge in [-0.25, -0.2) is 0 Å². The minimum absolute atomic E-state index is 0. The summed E-state index contributed by atoms with van der Waals surface area (Å²) in [4.78, 5) is -2.69. The van der Waals surface area contributed by atoms with Crippen molar-refractivity contribution in [1.82, 2.24) is 0 Å². The van der Waals surface area contributed by atoms with E-state index in [1.807, 2.05) is 0 Å². The Hall–Kier alpha value is -4.14. The summed E-state index contributed by atoms with van der Waals surface area (Å²) in [5, 5.41) is 16.5. The first-order chi connectivity index (χ1) is 25.9. The SMILES string of the molecule is Nc1c(S(=O)(=O)O)cc2cc(S(=O)(=O)O)ccc2c1N=Nc1ccc(-c2ccc(N=Nc3c(N)c(S(=O)(=O)O)cc4cc(S(=O)(=O)O)ccc34)c(Cl)c2)cc1Cl.[Na+]. The molecule has 0 aliphatic carbocycles. The molecule has 0 bridgehead atoms. The van der Waals surface area contributed by atoms with Crippen molar-refractivity contribution in [2.45, 2.75) is 19.6 Å². The van der Waals surface area contributed by atoms with E-state index >= 15 is 0 Å². The third-order valence-corrected chi connectivity index (χ3v) is 12.2. The van der Waals surface area contributed by atoms with Gasteiger partial charge in [-0.1, -0.05) is 47.5 Å². The van der Waals surface area contributed by atoms with E-state index in [-0.39, 0.29) is 83.9 Å². The van der Waals surface area contributed by atoms with E-state index in [2.05, 4.69) is 20.5 Å². The average Bonchev–Trinajstić information content (AvgIpc) is 3.09. The largest absolute Gasteiger partial charge is 1.00 e. The van der Waals surface area contributed by atoms with E-state index in [0.29, 0.717) is 11.1 Å². The van der Waals surface area contributed by atoms with Crippen LogP contribution in [-0.2, 0) is 40.5 Å². The van der Waals surface area contributed by atoms with Gasteiger partial charge in [0.2, 0.25) is 0 Å². The standard InChI is InChI=1S/C32H22Cl2N6O12S4.Na/c33-23-11-15(1-7-25(23)37-39-31-21-5-3-19(53(41,42)43)9-17(21)13-27(29(31)35)55(47,48)49)16-2-8-26(24(34)12-16)38-40-32-22-6-4-20(54(44,45)46)10-18(22)14-28(30(32)36)56(50,51)52;/h1-14H,35-36H2,(H,41,42,43)(H,44,45,46)(H,47,48,49)(H,50,51,52);/q;+1. The van der Waals surface area contributed by atoms with Gasteiger partial charge in [-0.2, -0.15) is 33.7 Å². The van der Waals surface area contributed by atoms with Crippen LogP contribution in [0, 0.1) is 0 Å². The molecule has 6 aromatic carbocycles. The van der Waals surface area contributed by atoms with Crippen molar-refractivity contribution in [2.75, 3.05) is 11.5 Å². The second-order valence-corrected chi connectivity index (χ2v) is 18.1. The third kappa shape index (κ3) is 9.28. The van der Waals surface area contributed by atoms with E-state index in [0.717, 1.165) is 36.4 Å². The molecule has 0 atom stereocenters. The number of halogens is 2. The Morgan fingerprint density at radius 3 is 1.11 bits per heavy atom. The first-order valence-corrected chi connectivity index (χ1v) is 21.5. The second kappa shape index (κ2) is 15.9. The molecule has 0 aliphatic rings. The van der Waals surface area contributed by atoms with Gasteiger partial charge in [0.25, 0.3) is 40.5 Å². The summed E-state index contributed by atoms with van der Waals surface area (Å²) in [6.45, 7) is 0. The summed E-state index contributed by atoms with van der Waals surface area (Å²) in [5.41, 5.74) is 11.7. The van der Waals surface area contributed by atoms with Crippen LogP contribution in [0.3, 0.4) is 0 Å². The first kappa shape index (κ1) is 44.0. The molecule has 0 heterocycles. The molecule has 0 saturated heterocycles. The fraction of sp³-hybridized carbons (Fsp3) is 0. The molecule has 8 N–H and O–H groups in total. The molecule has 0 aromatic heterocycles. The van der Waals surface area contributed by atoms with E-state index < -0.39 is 71.4 Å². The number of azo groups is 2. The third-order valence-electron chi connectivity index (χ3n) is 8.07. The maximum absolute atomic E-state index is 12.1. The maximum atomic E-state index is 12.1. The van der Waals surface area contributed by atoms with Crippen molar-refractivity contribution < 1.29 is 81.4 Å². The van der Waals surface area contributed by atoms with Crippen molar-refractivity contribution in [3.63, 3.8) is 0 Å². The topological polar surface area (TPSA) is 319 Å². The molecule has 0 spiro atoms. The summed E-state index contributed by atoms with van der Waals surface area (Å²) in [7, 11) is -19.2. The number of fused-ring (bicyclic) bond motifs is 2. The molecule has 25 heteroatoms. The zero-order chi connectivity index (χ0) is 41.1. The zero-order valence-electron chi connectivity index (χ0n) is 28.5. The van der Waals surface area contributed by atoms with Gasteiger partial charge in [-0.05, 0) is 82.6 Å². The molecule has 18 nitrogen and oxygen atoms in total. The maximum Gasteiger partial charge on any atom is 1.00 e. The van der Waals surface area contributed by atoms with Crippen molar-refractivity contribution in [2.24, 2.45) is 20.5 Å². The molecule has 0 radical (unpaired) electrons. The van der Waals surface area contributed by atoms with Crippen LogP contribution in [0.4, 0.5) is 34.1 Å². The predicted octanol–water partition coefficient (Wildman–Crippen LogP) is 4.95. The molecule has 0 fully saturated rings. The van der Waals surface area contributed by atoms with Crippen LogP contribution in [0.2, 0.25) is 10.0 Å². The van der Waals surface area contributed by atoms with Gasteiger partial charge in [0.1, 0.15) is 32.5 Å². The van der Waals surface area contributed by atoms with Crippen molar-refractivity contribution >= 4 is 119 Å². The molecular formula is C32H22Cl2N6NaO12S4+. The Bertz CT molecular complexity index is 2990. The van der Waals surface area contributed by atoms with Gasteiger partial charge in [-0.15, -0.1) is 20.5 Å².